The molecule has 0 saturated carbocycles. The van der Waals surface area contributed by atoms with Crippen LogP contribution in [0.2, 0.25) is 0 Å². The number of benzene rings is 1. The molecule has 74 valence electrons. The lowest BCUT2D eigenvalue weighted by Crippen LogP contribution is -2.14. The van der Waals surface area contributed by atoms with E-state index in [1.165, 1.54) is 0 Å². The highest BCUT2D eigenvalue weighted by Gasteiger charge is 2.05. The highest BCUT2D eigenvalue weighted by atomic mass is 32.2. The summed E-state index contributed by atoms with van der Waals surface area (Å²) in [4.78, 5) is 0. The van der Waals surface area contributed by atoms with Gasteiger partial charge in [0.1, 0.15) is 0 Å². The van der Waals surface area contributed by atoms with E-state index in [0.29, 0.717) is 11.3 Å². The van der Waals surface area contributed by atoms with Gasteiger partial charge in [0.25, 0.3) is 0 Å². The zero-order valence-corrected chi connectivity index (χ0v) is 8.64. The van der Waals surface area contributed by atoms with E-state index in [9.17, 15) is 8.42 Å². The van der Waals surface area contributed by atoms with Gasteiger partial charge in [-0.3, -0.25) is 4.72 Å². The van der Waals surface area contributed by atoms with Gasteiger partial charge in [0.15, 0.2) is 0 Å². The molecule has 14 heavy (non-hydrogen) atoms. The molecule has 4 heteroatoms. The smallest absolute Gasteiger partial charge is 0.232 e. The van der Waals surface area contributed by atoms with Gasteiger partial charge in [-0.15, -0.1) is 6.42 Å². The van der Waals surface area contributed by atoms with Crippen molar-refractivity contribution in [1.29, 1.82) is 0 Å². The first-order valence-corrected chi connectivity index (χ1v) is 5.80. The van der Waals surface area contributed by atoms with Crippen LogP contribution in [0.3, 0.4) is 0 Å². The van der Waals surface area contributed by atoms with Gasteiger partial charge >= 0.3 is 0 Å². The van der Waals surface area contributed by atoms with Gasteiger partial charge in [0.05, 0.1) is 5.75 Å². The van der Waals surface area contributed by atoms with E-state index in [0.717, 1.165) is 0 Å². The van der Waals surface area contributed by atoms with E-state index in [4.69, 9.17) is 6.42 Å². The molecule has 0 aromatic heterocycles. The van der Waals surface area contributed by atoms with Crippen molar-refractivity contribution in [3.63, 3.8) is 0 Å². The van der Waals surface area contributed by atoms with E-state index in [-0.39, 0.29) is 5.75 Å². The quantitative estimate of drug-likeness (QED) is 0.765. The largest absolute Gasteiger partial charge is 0.284 e. The van der Waals surface area contributed by atoms with Crippen LogP contribution in [-0.4, -0.2) is 14.2 Å². The summed E-state index contributed by atoms with van der Waals surface area (Å²) in [5.74, 6) is 2.49. The first kappa shape index (κ1) is 10.6. The number of terminal acetylenes is 1. The van der Waals surface area contributed by atoms with Gasteiger partial charge in [-0.25, -0.2) is 8.42 Å². The van der Waals surface area contributed by atoms with Crippen molar-refractivity contribution in [3.8, 4) is 12.3 Å². The Hall–Kier alpha value is -1.47. The summed E-state index contributed by atoms with van der Waals surface area (Å²) in [5.41, 5.74) is 1.16. The molecule has 0 aliphatic carbocycles. The van der Waals surface area contributed by atoms with Crippen LogP contribution in [0.15, 0.2) is 24.3 Å². The number of anilines is 1. The van der Waals surface area contributed by atoms with Crippen LogP contribution in [0.1, 0.15) is 12.5 Å². The predicted octanol–water partition coefficient (Wildman–Crippen LogP) is 1.43. The van der Waals surface area contributed by atoms with Gasteiger partial charge in [0.2, 0.25) is 10.0 Å². The number of hydrogen-bond acceptors (Lipinski definition) is 2. The number of rotatable bonds is 3. The van der Waals surface area contributed by atoms with Crippen LogP contribution < -0.4 is 4.72 Å². The maximum atomic E-state index is 11.2. The minimum Gasteiger partial charge on any atom is -0.284 e. The van der Waals surface area contributed by atoms with E-state index in [2.05, 4.69) is 10.6 Å². The maximum absolute atomic E-state index is 11.2. The van der Waals surface area contributed by atoms with E-state index >= 15 is 0 Å². The predicted molar refractivity (Wildman–Crippen MR) is 57.5 cm³/mol. The Kier molecular flexibility index (Phi) is 3.15. The molecule has 3 nitrogen and oxygen atoms in total. The fourth-order valence-corrected chi connectivity index (χ4v) is 1.55. The lowest BCUT2D eigenvalue weighted by Gasteiger charge is -2.05. The summed E-state index contributed by atoms with van der Waals surface area (Å²) in [6.07, 6.45) is 5.19. The molecule has 0 heterocycles. The molecule has 1 rings (SSSR count). The average molecular weight is 209 g/mol. The number of nitrogens with one attached hydrogen (secondary N) is 1. The van der Waals surface area contributed by atoms with Gasteiger partial charge in [-0.05, 0) is 25.1 Å². The molecule has 0 aliphatic heterocycles. The van der Waals surface area contributed by atoms with Crippen molar-refractivity contribution in [2.24, 2.45) is 0 Å². The molecule has 0 aliphatic rings. The van der Waals surface area contributed by atoms with Crippen molar-refractivity contribution in [1.82, 2.24) is 0 Å². The van der Waals surface area contributed by atoms with Gasteiger partial charge < -0.3 is 0 Å². The third kappa shape index (κ3) is 2.79. The zero-order valence-electron chi connectivity index (χ0n) is 7.82. The highest BCUT2D eigenvalue weighted by molar-refractivity contribution is 7.92. The average Bonchev–Trinajstić information content (AvgIpc) is 2.17. The van der Waals surface area contributed by atoms with Gasteiger partial charge in [-0.1, -0.05) is 12.0 Å². The third-order valence-electron chi connectivity index (χ3n) is 1.68. The molecule has 1 aromatic carbocycles. The molecular weight excluding hydrogens is 198 g/mol. The minimum atomic E-state index is -3.22. The summed E-state index contributed by atoms with van der Waals surface area (Å²) >= 11 is 0. The molecule has 0 radical (unpaired) electrons. The summed E-state index contributed by atoms with van der Waals surface area (Å²) in [6.45, 7) is 1.58. The third-order valence-corrected chi connectivity index (χ3v) is 2.99. The van der Waals surface area contributed by atoms with Crippen LogP contribution >= 0.6 is 0 Å². The maximum Gasteiger partial charge on any atom is 0.232 e. The second-order valence-corrected chi connectivity index (χ2v) is 4.74. The zero-order chi connectivity index (χ0) is 10.6. The van der Waals surface area contributed by atoms with Crippen LogP contribution in [-0.2, 0) is 10.0 Å². The van der Waals surface area contributed by atoms with E-state index in [1.807, 2.05) is 0 Å². The topological polar surface area (TPSA) is 46.2 Å². The Labute approximate surface area is 84.2 Å². The lowest BCUT2D eigenvalue weighted by molar-refractivity contribution is 0.602. The first-order valence-electron chi connectivity index (χ1n) is 4.14. The Morgan fingerprint density at radius 2 is 2.21 bits per heavy atom. The van der Waals surface area contributed by atoms with E-state index < -0.39 is 10.0 Å². The van der Waals surface area contributed by atoms with Crippen molar-refractivity contribution in [2.75, 3.05) is 10.5 Å². The fraction of sp³-hybridized carbons (Fsp3) is 0.200. The summed E-state index contributed by atoms with van der Waals surface area (Å²) in [5, 5.41) is 0. The number of sulfonamides is 1. The van der Waals surface area contributed by atoms with Gasteiger partial charge in [0, 0.05) is 11.3 Å². The van der Waals surface area contributed by atoms with Crippen LogP contribution in [0.25, 0.3) is 0 Å². The van der Waals surface area contributed by atoms with Crippen LogP contribution in [0.5, 0.6) is 0 Å². The van der Waals surface area contributed by atoms with Crippen molar-refractivity contribution < 1.29 is 8.42 Å². The monoisotopic (exact) mass is 209 g/mol. The molecule has 0 saturated heterocycles. The second-order valence-electron chi connectivity index (χ2n) is 2.73. The SMILES string of the molecule is C#Cc1cccc(NS(=O)(=O)CC)c1. The van der Waals surface area contributed by atoms with Crippen molar-refractivity contribution in [2.45, 2.75) is 6.92 Å². The highest BCUT2D eigenvalue weighted by Crippen LogP contribution is 2.11. The number of hydrogen-bond donors (Lipinski definition) is 1. The standard InChI is InChI=1S/C10H11NO2S/c1-3-9-6-5-7-10(8-9)11-14(12,13)4-2/h1,5-8,11H,4H2,2H3. The van der Waals surface area contributed by atoms with Crippen molar-refractivity contribution >= 4 is 15.7 Å². The summed E-state index contributed by atoms with van der Waals surface area (Å²) < 4.78 is 24.8. The Balaban J connectivity index is 2.94. The Bertz CT molecular complexity index is 457. The molecule has 1 aromatic rings. The van der Waals surface area contributed by atoms with Crippen LogP contribution in [0, 0.1) is 12.3 Å². The normalized spacial score (nSPS) is 10.6. The molecular formula is C10H11NO2S. The summed E-state index contributed by atoms with van der Waals surface area (Å²) in [6, 6.07) is 6.73. The molecule has 0 bridgehead atoms. The van der Waals surface area contributed by atoms with Crippen LogP contribution in [0.4, 0.5) is 5.69 Å². The molecule has 0 spiro atoms. The molecule has 1 N–H and O–H groups in total. The molecule has 0 atom stereocenters. The molecule has 0 fully saturated rings. The lowest BCUT2D eigenvalue weighted by atomic mass is 10.2. The van der Waals surface area contributed by atoms with Gasteiger partial charge in [-0.2, -0.15) is 0 Å². The Morgan fingerprint density at radius 3 is 2.79 bits per heavy atom. The first-order chi connectivity index (χ1) is 6.57. The molecule has 0 unspecified atom stereocenters. The van der Waals surface area contributed by atoms with E-state index in [1.54, 1.807) is 31.2 Å². The van der Waals surface area contributed by atoms with Crippen molar-refractivity contribution in [3.05, 3.63) is 29.8 Å². The molecule has 0 amide bonds. The minimum absolute atomic E-state index is 0.0489. The fourth-order valence-electron chi connectivity index (χ4n) is 0.924. The summed E-state index contributed by atoms with van der Waals surface area (Å²) in [7, 11) is -3.22. The Morgan fingerprint density at radius 1 is 1.50 bits per heavy atom. The second kappa shape index (κ2) is 4.16.